The van der Waals surface area contributed by atoms with Crippen LogP contribution in [0.5, 0.6) is 0 Å². The molecule has 0 spiro atoms. The van der Waals surface area contributed by atoms with Gasteiger partial charge in [-0.3, -0.25) is 4.79 Å². The molecule has 0 radical (unpaired) electrons. The molecule has 0 saturated carbocycles. The number of hydrogen-bond acceptors (Lipinski definition) is 2. The van der Waals surface area contributed by atoms with Gasteiger partial charge in [0, 0.05) is 15.7 Å². The van der Waals surface area contributed by atoms with Crippen molar-refractivity contribution in [1.29, 1.82) is 0 Å². The third-order valence-electron chi connectivity index (χ3n) is 2.67. The third kappa shape index (κ3) is 3.62. The van der Waals surface area contributed by atoms with Crippen LogP contribution in [0.3, 0.4) is 0 Å². The summed E-state index contributed by atoms with van der Waals surface area (Å²) in [5.41, 5.74) is 5.54. The van der Waals surface area contributed by atoms with Crippen LogP contribution in [0.25, 0.3) is 0 Å². The summed E-state index contributed by atoms with van der Waals surface area (Å²) < 4.78 is 27.6. The van der Waals surface area contributed by atoms with Crippen molar-refractivity contribution in [3.63, 3.8) is 0 Å². The molecule has 2 aromatic carbocycles. The zero-order valence-corrected chi connectivity index (χ0v) is 12.9. The monoisotopic (exact) mass is 370 g/mol. The van der Waals surface area contributed by atoms with Crippen LogP contribution in [0, 0.1) is 11.6 Å². The smallest absolute Gasteiger partial charge is 0.258 e. The zero-order valence-electron chi connectivity index (χ0n) is 10.5. The molecule has 3 nitrogen and oxygen atoms in total. The average Bonchev–Trinajstić information content (AvgIpc) is 2.40. The molecule has 21 heavy (non-hydrogen) atoms. The van der Waals surface area contributed by atoms with Crippen LogP contribution < -0.4 is 11.1 Å². The number of hydrogen-bond donors (Lipinski definition) is 2. The second-order valence-corrected chi connectivity index (χ2v) is 5.49. The van der Waals surface area contributed by atoms with Crippen molar-refractivity contribution in [3.05, 3.63) is 63.6 Å². The Morgan fingerprint density at radius 1 is 1.10 bits per heavy atom. The molecule has 0 atom stereocenters. The van der Waals surface area contributed by atoms with E-state index in [1.54, 1.807) is 6.07 Å². The molecule has 0 unspecified atom stereocenters. The van der Waals surface area contributed by atoms with E-state index in [1.165, 1.54) is 24.3 Å². The van der Waals surface area contributed by atoms with Crippen LogP contribution in [0.1, 0.15) is 15.9 Å². The van der Waals surface area contributed by atoms with Gasteiger partial charge in [0.05, 0.1) is 5.56 Å². The number of carbonyl (C=O) groups is 1. The van der Waals surface area contributed by atoms with Crippen molar-refractivity contribution in [2.75, 3.05) is 5.32 Å². The molecule has 2 rings (SSSR count). The maximum atomic E-state index is 13.7. The van der Waals surface area contributed by atoms with Crippen LogP contribution in [-0.4, -0.2) is 10.9 Å². The minimum atomic E-state index is -0.668. The van der Waals surface area contributed by atoms with Gasteiger partial charge >= 0.3 is 0 Å². The van der Waals surface area contributed by atoms with Crippen LogP contribution in [0.15, 0.2) is 40.9 Å². The largest absolute Gasteiger partial charge is 0.389 e. The van der Waals surface area contributed by atoms with E-state index in [2.05, 4.69) is 21.2 Å². The summed E-state index contributed by atoms with van der Waals surface area (Å²) in [6.07, 6.45) is 0. The van der Waals surface area contributed by atoms with Gasteiger partial charge in [0.1, 0.15) is 16.6 Å². The van der Waals surface area contributed by atoms with Crippen molar-refractivity contribution in [3.8, 4) is 0 Å². The molecule has 0 bridgehead atoms. The quantitative estimate of drug-likeness (QED) is 0.811. The van der Waals surface area contributed by atoms with Gasteiger partial charge in [-0.05, 0) is 36.4 Å². The Kier molecular flexibility index (Phi) is 4.64. The third-order valence-corrected chi connectivity index (χ3v) is 3.38. The number of benzene rings is 2. The van der Waals surface area contributed by atoms with Gasteiger partial charge in [0.2, 0.25) is 0 Å². The lowest BCUT2D eigenvalue weighted by molar-refractivity contribution is 0.102. The van der Waals surface area contributed by atoms with Gasteiger partial charge in [-0.2, -0.15) is 0 Å². The molecule has 1 amide bonds. The lowest BCUT2D eigenvalue weighted by Crippen LogP contribution is -2.16. The van der Waals surface area contributed by atoms with Crippen LogP contribution in [-0.2, 0) is 0 Å². The van der Waals surface area contributed by atoms with Gasteiger partial charge in [-0.1, -0.05) is 28.1 Å². The molecular formula is C14H9BrF2N2OS. The van der Waals surface area contributed by atoms with Crippen molar-refractivity contribution < 1.29 is 13.6 Å². The highest BCUT2D eigenvalue weighted by atomic mass is 79.9. The van der Waals surface area contributed by atoms with E-state index in [0.29, 0.717) is 4.47 Å². The highest BCUT2D eigenvalue weighted by Gasteiger charge is 2.13. The number of rotatable bonds is 3. The maximum Gasteiger partial charge on any atom is 0.258 e. The Balaban J connectivity index is 2.27. The maximum absolute atomic E-state index is 13.7. The SMILES string of the molecule is NC(=S)c1cc(NC(=O)c2ccc(Br)cc2F)ccc1F. The number of anilines is 1. The Morgan fingerprint density at radius 2 is 1.81 bits per heavy atom. The number of thiocarbonyl (C=S) groups is 1. The molecule has 0 aliphatic rings. The lowest BCUT2D eigenvalue weighted by Gasteiger charge is -2.08. The highest BCUT2D eigenvalue weighted by molar-refractivity contribution is 9.10. The summed E-state index contributed by atoms with van der Waals surface area (Å²) >= 11 is 7.82. The second kappa shape index (κ2) is 6.28. The Morgan fingerprint density at radius 3 is 2.43 bits per heavy atom. The van der Waals surface area contributed by atoms with Crippen LogP contribution in [0.4, 0.5) is 14.5 Å². The topological polar surface area (TPSA) is 55.1 Å². The van der Waals surface area contributed by atoms with Crippen molar-refractivity contribution in [1.82, 2.24) is 0 Å². The van der Waals surface area contributed by atoms with Crippen molar-refractivity contribution in [2.24, 2.45) is 5.73 Å². The van der Waals surface area contributed by atoms with Gasteiger partial charge in [0.25, 0.3) is 5.91 Å². The fourth-order valence-electron chi connectivity index (χ4n) is 1.66. The number of amides is 1. The summed E-state index contributed by atoms with van der Waals surface area (Å²) in [4.78, 5) is 11.9. The van der Waals surface area contributed by atoms with E-state index in [4.69, 9.17) is 18.0 Å². The Bertz CT molecular complexity index is 737. The lowest BCUT2D eigenvalue weighted by atomic mass is 10.1. The minimum Gasteiger partial charge on any atom is -0.389 e. The van der Waals surface area contributed by atoms with Crippen molar-refractivity contribution >= 4 is 44.7 Å². The average molecular weight is 371 g/mol. The standard InChI is InChI=1S/C14H9BrF2N2OS/c15-7-1-3-9(12(17)5-7)14(20)19-8-2-4-11(16)10(6-8)13(18)21/h1-6H,(H2,18,21)(H,19,20). The number of nitrogens with one attached hydrogen (secondary N) is 1. The Hall–Kier alpha value is -1.86. The van der Waals surface area contributed by atoms with Gasteiger partial charge in [-0.25, -0.2) is 8.78 Å². The highest BCUT2D eigenvalue weighted by Crippen LogP contribution is 2.19. The molecule has 108 valence electrons. The van der Waals surface area contributed by atoms with Gasteiger partial charge in [0.15, 0.2) is 0 Å². The normalized spacial score (nSPS) is 10.2. The molecule has 0 saturated heterocycles. The summed E-state index contributed by atoms with van der Waals surface area (Å²) in [5, 5.41) is 2.46. The predicted molar refractivity (Wildman–Crippen MR) is 84.3 cm³/mol. The molecule has 0 heterocycles. The molecule has 2 aromatic rings. The molecule has 0 aliphatic heterocycles. The van der Waals surface area contributed by atoms with Gasteiger partial charge < -0.3 is 11.1 Å². The molecule has 7 heteroatoms. The number of carbonyl (C=O) groups excluding carboxylic acids is 1. The molecular weight excluding hydrogens is 362 g/mol. The zero-order chi connectivity index (χ0) is 15.6. The van der Waals surface area contributed by atoms with E-state index in [9.17, 15) is 13.6 Å². The predicted octanol–water partition coefficient (Wildman–Crippen LogP) is 3.61. The fourth-order valence-corrected chi connectivity index (χ4v) is 2.15. The molecule has 3 N–H and O–H groups in total. The molecule has 0 aromatic heterocycles. The van der Waals surface area contributed by atoms with Crippen LogP contribution in [0.2, 0.25) is 0 Å². The van der Waals surface area contributed by atoms with E-state index in [0.717, 1.165) is 6.07 Å². The first-order chi connectivity index (χ1) is 9.88. The summed E-state index contributed by atoms with van der Waals surface area (Å²) in [6, 6.07) is 7.83. The van der Waals surface area contributed by atoms with E-state index in [-0.39, 0.29) is 21.8 Å². The van der Waals surface area contributed by atoms with E-state index < -0.39 is 17.5 Å². The first kappa shape index (κ1) is 15.5. The van der Waals surface area contributed by atoms with E-state index in [1.807, 2.05) is 0 Å². The summed E-state index contributed by atoms with van der Waals surface area (Å²) in [7, 11) is 0. The number of nitrogens with two attached hydrogens (primary N) is 1. The molecule has 0 fully saturated rings. The number of halogens is 3. The van der Waals surface area contributed by atoms with Gasteiger partial charge in [-0.15, -0.1) is 0 Å². The van der Waals surface area contributed by atoms with Crippen molar-refractivity contribution in [2.45, 2.75) is 0 Å². The first-order valence-corrected chi connectivity index (χ1v) is 6.94. The Labute approximate surface area is 133 Å². The summed E-state index contributed by atoms with van der Waals surface area (Å²) in [5.74, 6) is -1.91. The second-order valence-electron chi connectivity index (χ2n) is 4.14. The first-order valence-electron chi connectivity index (χ1n) is 5.74. The van der Waals surface area contributed by atoms with Crippen LogP contribution >= 0.6 is 28.1 Å². The fraction of sp³-hybridized carbons (Fsp3) is 0. The minimum absolute atomic E-state index is 0.0130. The van der Waals surface area contributed by atoms with E-state index >= 15 is 0 Å². The summed E-state index contributed by atoms with van der Waals surface area (Å²) in [6.45, 7) is 0. The molecule has 0 aliphatic carbocycles.